The molecule has 30 heavy (non-hydrogen) atoms. The Hall–Kier alpha value is -3.03. The molecule has 0 saturated carbocycles. The number of nitrogens with zero attached hydrogens (tertiary/aromatic N) is 3. The lowest BCUT2D eigenvalue weighted by Crippen LogP contribution is -2.44. The number of pyridine rings is 2. The van der Waals surface area contributed by atoms with Crippen molar-refractivity contribution in [2.45, 2.75) is 38.6 Å². The molecule has 7 nitrogen and oxygen atoms in total. The van der Waals surface area contributed by atoms with Crippen LogP contribution in [0.3, 0.4) is 0 Å². The molecule has 2 aliphatic rings. The molecular weight excluding hydrogens is 382 g/mol. The molecular formula is C23H22N3O4. The minimum atomic E-state index is -1.81. The molecule has 1 aromatic carbocycles. The summed E-state index contributed by atoms with van der Waals surface area (Å²) in [5.41, 5.74) is 2.76. The number of hydrogen-bond donors (Lipinski definition) is 1. The molecule has 4 heterocycles. The van der Waals surface area contributed by atoms with Crippen LogP contribution in [-0.4, -0.2) is 39.6 Å². The molecule has 0 unspecified atom stereocenters. The first-order valence-electron chi connectivity index (χ1n) is 9.98. The van der Waals surface area contributed by atoms with E-state index in [1.807, 2.05) is 26.2 Å². The summed E-state index contributed by atoms with van der Waals surface area (Å²) < 4.78 is 6.77. The smallest absolute Gasteiger partial charge is 0.343 e. The van der Waals surface area contributed by atoms with Crippen molar-refractivity contribution in [3.05, 3.63) is 62.9 Å². The van der Waals surface area contributed by atoms with Crippen molar-refractivity contribution in [3.8, 4) is 11.4 Å². The lowest BCUT2D eigenvalue weighted by molar-refractivity contribution is -0.172. The van der Waals surface area contributed by atoms with Crippen LogP contribution in [0.1, 0.15) is 35.6 Å². The summed E-state index contributed by atoms with van der Waals surface area (Å²) in [6, 6.07) is 10.9. The second-order valence-electron chi connectivity index (χ2n) is 8.23. The second-order valence-corrected chi connectivity index (χ2v) is 8.23. The topological polar surface area (TPSA) is 84.7 Å². The van der Waals surface area contributed by atoms with Crippen molar-refractivity contribution in [2.24, 2.45) is 0 Å². The van der Waals surface area contributed by atoms with Gasteiger partial charge in [-0.3, -0.25) is 4.79 Å². The van der Waals surface area contributed by atoms with Gasteiger partial charge in [0, 0.05) is 23.1 Å². The standard InChI is InChI=1S/C23H22N3O4/c1-4-23(29)17-9-19-20-14(11-26(19)21(27)16(17)12-30-22(23)28)8-15-13(10-25(2)3)6-5-7-18(15)24-20/h5,7-9,29H,4,10-12H2,1-3H3/t23-/m0/s1. The number of aromatic nitrogens is 2. The summed E-state index contributed by atoms with van der Waals surface area (Å²) in [4.78, 5) is 32.4. The number of carbonyl (C=O) groups excluding carboxylic acids is 1. The minimum Gasteiger partial charge on any atom is -0.458 e. The molecule has 0 amide bonds. The summed E-state index contributed by atoms with van der Waals surface area (Å²) in [7, 11) is 4.01. The Balaban J connectivity index is 1.74. The van der Waals surface area contributed by atoms with E-state index in [2.05, 4.69) is 17.0 Å². The number of carbonyl (C=O) groups is 1. The normalized spacial score (nSPS) is 19.6. The van der Waals surface area contributed by atoms with Crippen LogP contribution in [0.5, 0.6) is 0 Å². The van der Waals surface area contributed by atoms with E-state index in [1.54, 1.807) is 17.6 Å². The molecule has 0 fully saturated rings. The highest BCUT2D eigenvalue weighted by Crippen LogP contribution is 2.38. The van der Waals surface area contributed by atoms with E-state index < -0.39 is 11.6 Å². The summed E-state index contributed by atoms with van der Waals surface area (Å²) in [6.07, 6.45) is 0.128. The van der Waals surface area contributed by atoms with Crippen molar-refractivity contribution in [1.29, 1.82) is 0 Å². The number of cyclic esters (lactones) is 1. The van der Waals surface area contributed by atoms with Crippen molar-refractivity contribution in [3.63, 3.8) is 0 Å². The van der Waals surface area contributed by atoms with Crippen LogP contribution in [-0.2, 0) is 34.8 Å². The van der Waals surface area contributed by atoms with Gasteiger partial charge in [-0.25, -0.2) is 9.78 Å². The summed E-state index contributed by atoms with van der Waals surface area (Å²) in [6.45, 7) is 2.71. The van der Waals surface area contributed by atoms with Crippen LogP contribution in [0.15, 0.2) is 29.1 Å². The lowest BCUT2D eigenvalue weighted by Gasteiger charge is -2.31. The highest BCUT2D eigenvalue weighted by atomic mass is 16.6. The van der Waals surface area contributed by atoms with E-state index in [9.17, 15) is 14.7 Å². The van der Waals surface area contributed by atoms with E-state index in [1.165, 1.54) is 0 Å². The highest BCUT2D eigenvalue weighted by molar-refractivity contribution is 5.87. The number of fused-ring (bicyclic) bond motifs is 5. The largest absolute Gasteiger partial charge is 0.458 e. The number of hydrogen-bond acceptors (Lipinski definition) is 6. The lowest BCUT2D eigenvalue weighted by atomic mass is 9.86. The summed E-state index contributed by atoms with van der Waals surface area (Å²) in [5, 5.41) is 12.0. The van der Waals surface area contributed by atoms with Gasteiger partial charge in [0.25, 0.3) is 5.56 Å². The van der Waals surface area contributed by atoms with Gasteiger partial charge in [0.2, 0.25) is 0 Å². The van der Waals surface area contributed by atoms with Crippen LogP contribution < -0.4 is 5.56 Å². The monoisotopic (exact) mass is 404 g/mol. The predicted molar refractivity (Wildman–Crippen MR) is 111 cm³/mol. The van der Waals surface area contributed by atoms with Crippen LogP contribution in [0.4, 0.5) is 0 Å². The van der Waals surface area contributed by atoms with Gasteiger partial charge < -0.3 is 19.3 Å². The zero-order chi connectivity index (χ0) is 21.2. The Morgan fingerprint density at radius 3 is 2.87 bits per heavy atom. The maximum absolute atomic E-state index is 13.2. The molecule has 1 N–H and O–H groups in total. The van der Waals surface area contributed by atoms with Crippen LogP contribution >= 0.6 is 0 Å². The zero-order valence-corrected chi connectivity index (χ0v) is 17.2. The zero-order valence-electron chi connectivity index (χ0n) is 17.2. The molecule has 0 spiro atoms. The quantitative estimate of drug-likeness (QED) is 0.526. The maximum Gasteiger partial charge on any atom is 0.343 e. The molecule has 2 aliphatic heterocycles. The van der Waals surface area contributed by atoms with Crippen LogP contribution in [0.2, 0.25) is 0 Å². The predicted octanol–water partition coefficient (Wildman–Crippen LogP) is 1.94. The average molecular weight is 404 g/mol. The maximum atomic E-state index is 13.2. The fourth-order valence-electron chi connectivity index (χ4n) is 4.45. The molecule has 0 saturated heterocycles. The third-order valence-corrected chi connectivity index (χ3v) is 6.04. The fraction of sp³-hybridized carbons (Fsp3) is 0.348. The van der Waals surface area contributed by atoms with Gasteiger partial charge in [-0.15, -0.1) is 0 Å². The Kier molecular flexibility index (Phi) is 4.10. The molecule has 1 radical (unpaired) electrons. The van der Waals surface area contributed by atoms with Gasteiger partial charge in [-0.05, 0) is 50.3 Å². The highest BCUT2D eigenvalue weighted by Gasteiger charge is 2.45. The molecule has 1 atom stereocenters. The number of aliphatic hydroxyl groups is 1. The van der Waals surface area contributed by atoms with Gasteiger partial charge in [-0.1, -0.05) is 13.0 Å². The van der Waals surface area contributed by atoms with Gasteiger partial charge in [-0.2, -0.15) is 0 Å². The van der Waals surface area contributed by atoms with Crippen molar-refractivity contribution >= 4 is 16.9 Å². The molecule has 2 aromatic heterocycles. The molecule has 7 heteroatoms. The van der Waals surface area contributed by atoms with Gasteiger partial charge in [0.15, 0.2) is 5.60 Å². The van der Waals surface area contributed by atoms with Crippen molar-refractivity contribution in [2.75, 3.05) is 14.1 Å². The Labute approximate surface area is 173 Å². The third-order valence-electron chi connectivity index (χ3n) is 6.04. The Morgan fingerprint density at radius 1 is 1.33 bits per heavy atom. The van der Waals surface area contributed by atoms with E-state index in [0.29, 0.717) is 29.1 Å². The van der Waals surface area contributed by atoms with Crippen LogP contribution in [0, 0.1) is 6.07 Å². The van der Waals surface area contributed by atoms with Crippen molar-refractivity contribution < 1.29 is 14.6 Å². The summed E-state index contributed by atoms with van der Waals surface area (Å²) in [5.74, 6) is -0.713. The molecule has 0 bridgehead atoms. The number of rotatable bonds is 3. The third kappa shape index (κ3) is 2.55. The van der Waals surface area contributed by atoms with Gasteiger partial charge >= 0.3 is 5.97 Å². The number of benzene rings is 1. The second kappa shape index (κ2) is 6.48. The minimum absolute atomic E-state index is 0.122. The van der Waals surface area contributed by atoms with E-state index in [-0.39, 0.29) is 18.6 Å². The average Bonchev–Trinajstić information content (AvgIpc) is 3.08. The first-order valence-corrected chi connectivity index (χ1v) is 9.98. The number of esters is 1. The van der Waals surface area contributed by atoms with Gasteiger partial charge in [0.1, 0.15) is 6.61 Å². The Morgan fingerprint density at radius 2 is 2.13 bits per heavy atom. The SMILES string of the molecule is CC[C@@]1(O)C(=O)OCc2c1cc1n(c2=O)Cc2cc3c(CN(C)C)[c]ccc3nc2-1. The van der Waals surface area contributed by atoms with Crippen LogP contribution in [0.25, 0.3) is 22.3 Å². The van der Waals surface area contributed by atoms with E-state index in [4.69, 9.17) is 9.72 Å². The van der Waals surface area contributed by atoms with Gasteiger partial charge in [0.05, 0.1) is 29.0 Å². The van der Waals surface area contributed by atoms with E-state index in [0.717, 1.165) is 28.6 Å². The first kappa shape index (κ1) is 19.0. The van der Waals surface area contributed by atoms with E-state index >= 15 is 0 Å². The van der Waals surface area contributed by atoms with Crippen molar-refractivity contribution in [1.82, 2.24) is 14.5 Å². The molecule has 5 rings (SSSR count). The molecule has 0 aliphatic carbocycles. The Bertz CT molecular complexity index is 1280. The molecule has 3 aromatic rings. The number of ether oxygens (including phenoxy) is 1. The first-order chi connectivity index (χ1) is 14.3. The summed E-state index contributed by atoms with van der Waals surface area (Å²) >= 11 is 0. The molecule has 153 valence electrons. The fourth-order valence-corrected chi connectivity index (χ4v) is 4.45.